The van der Waals surface area contributed by atoms with Gasteiger partial charge in [0.25, 0.3) is 0 Å². The van der Waals surface area contributed by atoms with Crippen LogP contribution in [0.1, 0.15) is 6.42 Å². The molecule has 0 spiro atoms. The Morgan fingerprint density at radius 1 is 1.21 bits per heavy atom. The van der Waals surface area contributed by atoms with Gasteiger partial charge >= 0.3 is 0 Å². The van der Waals surface area contributed by atoms with Gasteiger partial charge in [0.1, 0.15) is 11.6 Å². The van der Waals surface area contributed by atoms with E-state index < -0.39 is 17.5 Å². The maximum atomic E-state index is 13.1. The SMILES string of the molecule is CN(CCC(=O)N1CCNCC1)CC(=O)Nc1cc(F)cc(F)c1. The molecule has 0 unspecified atom stereocenters. The Hall–Kier alpha value is -2.06. The van der Waals surface area contributed by atoms with Gasteiger partial charge in [-0.2, -0.15) is 0 Å². The average molecular weight is 340 g/mol. The van der Waals surface area contributed by atoms with E-state index in [9.17, 15) is 18.4 Å². The van der Waals surface area contributed by atoms with Crippen molar-refractivity contribution < 1.29 is 18.4 Å². The first-order chi connectivity index (χ1) is 11.4. The molecule has 1 heterocycles. The molecule has 24 heavy (non-hydrogen) atoms. The van der Waals surface area contributed by atoms with Gasteiger partial charge in [0.2, 0.25) is 11.8 Å². The summed E-state index contributed by atoms with van der Waals surface area (Å²) in [5.41, 5.74) is 0.0720. The molecule has 1 aliphatic heterocycles. The molecule has 1 aromatic rings. The van der Waals surface area contributed by atoms with E-state index >= 15 is 0 Å². The molecule has 2 amide bonds. The van der Waals surface area contributed by atoms with Crippen molar-refractivity contribution >= 4 is 17.5 Å². The number of carbonyl (C=O) groups excluding carboxylic acids is 2. The summed E-state index contributed by atoms with van der Waals surface area (Å²) in [7, 11) is 1.72. The van der Waals surface area contributed by atoms with E-state index in [1.165, 1.54) is 0 Å². The summed E-state index contributed by atoms with van der Waals surface area (Å²) in [6, 6.07) is 2.84. The fourth-order valence-corrected chi connectivity index (χ4v) is 2.51. The van der Waals surface area contributed by atoms with Crippen molar-refractivity contribution in [2.45, 2.75) is 6.42 Å². The zero-order chi connectivity index (χ0) is 17.5. The highest BCUT2D eigenvalue weighted by Crippen LogP contribution is 2.12. The molecule has 1 aromatic carbocycles. The third-order valence-electron chi connectivity index (χ3n) is 3.74. The van der Waals surface area contributed by atoms with Crippen LogP contribution >= 0.6 is 0 Å². The molecule has 6 nitrogen and oxygen atoms in total. The second kappa shape index (κ2) is 8.70. The van der Waals surface area contributed by atoms with Crippen LogP contribution < -0.4 is 10.6 Å². The fourth-order valence-electron chi connectivity index (χ4n) is 2.51. The standard InChI is InChI=1S/C16H22F2N4O2/c1-21(5-2-16(24)22-6-3-19-4-7-22)11-15(23)20-14-9-12(17)8-13(18)10-14/h8-10,19H,2-7,11H2,1H3,(H,20,23). The molecule has 2 N–H and O–H groups in total. The molecular weight excluding hydrogens is 318 g/mol. The predicted molar refractivity (Wildman–Crippen MR) is 86.6 cm³/mol. The number of rotatable bonds is 6. The van der Waals surface area contributed by atoms with Gasteiger partial charge in [0.05, 0.1) is 6.54 Å². The van der Waals surface area contributed by atoms with Crippen molar-refractivity contribution in [1.29, 1.82) is 0 Å². The van der Waals surface area contributed by atoms with Gasteiger partial charge in [-0.25, -0.2) is 8.78 Å². The van der Waals surface area contributed by atoms with Crippen molar-refractivity contribution in [2.24, 2.45) is 0 Å². The van der Waals surface area contributed by atoms with Crippen LogP contribution in [0.15, 0.2) is 18.2 Å². The van der Waals surface area contributed by atoms with Crippen molar-refractivity contribution in [2.75, 3.05) is 51.6 Å². The molecular formula is C16H22F2N4O2. The van der Waals surface area contributed by atoms with Crippen molar-refractivity contribution in [3.05, 3.63) is 29.8 Å². The van der Waals surface area contributed by atoms with E-state index in [0.717, 1.165) is 31.3 Å². The first kappa shape index (κ1) is 18.3. The Balaban J connectivity index is 1.73. The number of hydrogen-bond acceptors (Lipinski definition) is 4. The molecule has 1 saturated heterocycles. The summed E-state index contributed by atoms with van der Waals surface area (Å²) in [6.45, 7) is 3.48. The summed E-state index contributed by atoms with van der Waals surface area (Å²) < 4.78 is 26.2. The molecule has 8 heteroatoms. The molecule has 132 valence electrons. The minimum absolute atomic E-state index is 0.0347. The fraction of sp³-hybridized carbons (Fsp3) is 0.500. The molecule has 1 fully saturated rings. The lowest BCUT2D eigenvalue weighted by Crippen LogP contribution is -2.47. The number of likely N-dealkylation sites (N-methyl/N-ethyl adjacent to an activating group) is 1. The topological polar surface area (TPSA) is 64.7 Å². The van der Waals surface area contributed by atoms with Gasteiger partial charge in [-0.05, 0) is 19.2 Å². The van der Waals surface area contributed by atoms with Gasteiger partial charge in [0.15, 0.2) is 0 Å². The molecule has 0 aliphatic carbocycles. The van der Waals surface area contributed by atoms with E-state index in [0.29, 0.717) is 26.1 Å². The number of piperazine rings is 1. The van der Waals surface area contributed by atoms with Crippen molar-refractivity contribution in [3.63, 3.8) is 0 Å². The summed E-state index contributed by atoms with van der Waals surface area (Å²) in [4.78, 5) is 27.4. The van der Waals surface area contributed by atoms with Gasteiger partial charge < -0.3 is 15.5 Å². The van der Waals surface area contributed by atoms with Crippen LogP contribution in [-0.2, 0) is 9.59 Å². The van der Waals surface area contributed by atoms with Gasteiger partial charge in [-0.1, -0.05) is 0 Å². The Bertz CT molecular complexity index is 571. The molecule has 2 rings (SSSR count). The van der Waals surface area contributed by atoms with Gasteiger partial charge in [-0.3, -0.25) is 14.5 Å². The Labute approximate surface area is 139 Å². The Morgan fingerprint density at radius 2 is 1.83 bits per heavy atom. The van der Waals surface area contributed by atoms with Crippen LogP contribution in [0.3, 0.4) is 0 Å². The normalized spacial score (nSPS) is 14.8. The first-order valence-corrected chi connectivity index (χ1v) is 7.87. The number of benzene rings is 1. The van der Waals surface area contributed by atoms with Crippen LogP contribution in [0.2, 0.25) is 0 Å². The second-order valence-corrected chi connectivity index (χ2v) is 5.82. The zero-order valence-electron chi connectivity index (χ0n) is 13.6. The van der Waals surface area contributed by atoms with E-state index in [2.05, 4.69) is 10.6 Å². The summed E-state index contributed by atoms with van der Waals surface area (Å²) in [6.07, 6.45) is 0.332. The zero-order valence-corrected chi connectivity index (χ0v) is 13.6. The second-order valence-electron chi connectivity index (χ2n) is 5.82. The van der Waals surface area contributed by atoms with Crippen LogP contribution in [-0.4, -0.2) is 67.9 Å². The summed E-state index contributed by atoms with van der Waals surface area (Å²) >= 11 is 0. The summed E-state index contributed by atoms with van der Waals surface area (Å²) in [5, 5.41) is 5.62. The van der Waals surface area contributed by atoms with E-state index in [-0.39, 0.29) is 18.1 Å². The quantitative estimate of drug-likeness (QED) is 0.798. The number of anilines is 1. The van der Waals surface area contributed by atoms with Gasteiger partial charge in [0, 0.05) is 50.9 Å². The lowest BCUT2D eigenvalue weighted by Gasteiger charge is -2.28. The number of halogens is 2. The molecule has 0 radical (unpaired) electrons. The van der Waals surface area contributed by atoms with Crippen molar-refractivity contribution in [3.8, 4) is 0 Å². The van der Waals surface area contributed by atoms with Crippen LogP contribution in [0.25, 0.3) is 0 Å². The minimum atomic E-state index is -0.750. The predicted octanol–water partition coefficient (Wildman–Crippen LogP) is 0.657. The highest BCUT2D eigenvalue weighted by atomic mass is 19.1. The smallest absolute Gasteiger partial charge is 0.238 e. The lowest BCUT2D eigenvalue weighted by atomic mass is 10.3. The van der Waals surface area contributed by atoms with Crippen LogP contribution in [0.5, 0.6) is 0 Å². The van der Waals surface area contributed by atoms with E-state index in [4.69, 9.17) is 0 Å². The Kier molecular flexibility index (Phi) is 6.62. The highest BCUT2D eigenvalue weighted by molar-refractivity contribution is 5.92. The third kappa shape index (κ3) is 5.86. The molecule has 1 aliphatic rings. The highest BCUT2D eigenvalue weighted by Gasteiger charge is 2.17. The van der Waals surface area contributed by atoms with Gasteiger partial charge in [-0.15, -0.1) is 0 Å². The molecule has 0 aromatic heterocycles. The van der Waals surface area contributed by atoms with Crippen LogP contribution in [0, 0.1) is 11.6 Å². The number of amides is 2. The molecule has 0 saturated carbocycles. The number of carbonyl (C=O) groups is 2. The molecule has 0 atom stereocenters. The number of nitrogens with one attached hydrogen (secondary N) is 2. The average Bonchev–Trinajstić information content (AvgIpc) is 2.52. The summed E-state index contributed by atoms with van der Waals surface area (Å²) in [5.74, 6) is -1.83. The first-order valence-electron chi connectivity index (χ1n) is 7.87. The van der Waals surface area contributed by atoms with E-state index in [1.54, 1.807) is 16.8 Å². The maximum Gasteiger partial charge on any atom is 0.238 e. The molecule has 0 bridgehead atoms. The lowest BCUT2D eigenvalue weighted by molar-refractivity contribution is -0.132. The maximum absolute atomic E-state index is 13.1. The third-order valence-corrected chi connectivity index (χ3v) is 3.74. The largest absolute Gasteiger partial charge is 0.340 e. The number of nitrogens with zero attached hydrogens (tertiary/aromatic N) is 2. The van der Waals surface area contributed by atoms with Crippen molar-refractivity contribution in [1.82, 2.24) is 15.1 Å². The minimum Gasteiger partial charge on any atom is -0.340 e. The Morgan fingerprint density at radius 3 is 2.46 bits per heavy atom. The number of hydrogen-bond donors (Lipinski definition) is 2. The van der Waals surface area contributed by atoms with E-state index in [1.807, 2.05) is 0 Å². The monoisotopic (exact) mass is 340 g/mol. The van der Waals surface area contributed by atoms with Crippen LogP contribution in [0.4, 0.5) is 14.5 Å².